The van der Waals surface area contributed by atoms with E-state index in [2.05, 4.69) is 23.7 Å². The highest BCUT2D eigenvalue weighted by Gasteiger charge is 2.34. The summed E-state index contributed by atoms with van der Waals surface area (Å²) < 4.78 is 33.0. The van der Waals surface area contributed by atoms with Gasteiger partial charge in [0.1, 0.15) is 5.75 Å². The molecule has 1 nitrogen and oxygen atoms in total. The second kappa shape index (κ2) is 6.78. The van der Waals surface area contributed by atoms with Crippen LogP contribution >= 0.6 is 0 Å². The van der Waals surface area contributed by atoms with E-state index in [0.717, 1.165) is 5.56 Å². The molecule has 0 atom stereocenters. The van der Waals surface area contributed by atoms with E-state index in [0.29, 0.717) is 5.56 Å². The molecule has 0 aliphatic carbocycles. The Kier molecular flexibility index (Phi) is 4.81. The first-order valence-electron chi connectivity index (χ1n) is 6.68. The molecule has 110 valence electrons. The summed E-state index contributed by atoms with van der Waals surface area (Å²) in [6.07, 6.45) is -3.41. The molecule has 3 heteroatoms. The van der Waals surface area contributed by atoms with Crippen LogP contribution in [0.15, 0.2) is 48.5 Å². The summed E-state index contributed by atoms with van der Waals surface area (Å²) in [5.74, 6) is 11.2. The van der Waals surface area contributed by atoms with Gasteiger partial charge in [0.2, 0.25) is 0 Å². The van der Waals surface area contributed by atoms with Crippen molar-refractivity contribution in [1.82, 2.24) is 0 Å². The van der Waals surface area contributed by atoms with Crippen LogP contribution in [0.25, 0.3) is 0 Å². The number of benzene rings is 2. The zero-order valence-electron chi connectivity index (χ0n) is 12.3. The fraction of sp³-hybridized carbons (Fsp3) is 0.158. The van der Waals surface area contributed by atoms with E-state index in [1.807, 2.05) is 0 Å². The van der Waals surface area contributed by atoms with Gasteiger partial charge in [0.25, 0.3) is 0 Å². The zero-order valence-corrected chi connectivity index (χ0v) is 12.3. The molecule has 2 aromatic rings. The summed E-state index contributed by atoms with van der Waals surface area (Å²) in [7, 11) is 0. The molecule has 0 N–H and O–H groups in total. The molecule has 0 spiro atoms. The maximum atomic E-state index is 14.1. The average Bonchev–Trinajstić information content (AvgIpc) is 2.50. The molecule has 0 amide bonds. The summed E-state index contributed by atoms with van der Waals surface area (Å²) in [5.41, 5.74) is 1.22. The summed E-state index contributed by atoms with van der Waals surface area (Å²) >= 11 is 0. The lowest BCUT2D eigenvalue weighted by Gasteiger charge is -2.18. The molecule has 0 unspecified atom stereocenters. The normalized spacial score (nSPS) is 10.0. The lowest BCUT2D eigenvalue weighted by molar-refractivity contribution is -0.185. The Balaban J connectivity index is 2.17. The van der Waals surface area contributed by atoms with Crippen molar-refractivity contribution in [2.75, 3.05) is 0 Å². The van der Waals surface area contributed by atoms with Crippen molar-refractivity contribution in [3.05, 3.63) is 65.2 Å². The molecule has 0 saturated heterocycles. The maximum absolute atomic E-state index is 14.1. The Hall–Kier alpha value is -2.78. The van der Waals surface area contributed by atoms with Crippen LogP contribution in [0.5, 0.6) is 5.75 Å². The standard InChI is InChI=1S/C19H14F2O/c1-3-5-15-7-11-17(12-8-15)19(20,21)22-18-13-9-16(6-4-2)10-14-18/h7-14H,1-2H3. The molecule has 0 bridgehead atoms. The molecule has 0 aliphatic rings. The third-order valence-corrected chi connectivity index (χ3v) is 2.86. The number of halogens is 2. The quantitative estimate of drug-likeness (QED) is 0.755. The van der Waals surface area contributed by atoms with Gasteiger partial charge in [0, 0.05) is 11.1 Å². The van der Waals surface area contributed by atoms with E-state index in [1.165, 1.54) is 24.3 Å². The fourth-order valence-corrected chi connectivity index (χ4v) is 1.85. The third-order valence-electron chi connectivity index (χ3n) is 2.86. The topological polar surface area (TPSA) is 9.23 Å². The molecule has 2 rings (SSSR count). The summed E-state index contributed by atoms with van der Waals surface area (Å²) in [4.78, 5) is 0. The minimum Gasteiger partial charge on any atom is -0.429 e. The Morgan fingerprint density at radius 2 is 1.23 bits per heavy atom. The van der Waals surface area contributed by atoms with Gasteiger partial charge in [-0.2, -0.15) is 8.78 Å². The second-order valence-corrected chi connectivity index (χ2v) is 4.47. The van der Waals surface area contributed by atoms with E-state index < -0.39 is 6.11 Å². The van der Waals surface area contributed by atoms with Crippen LogP contribution in [0.2, 0.25) is 0 Å². The van der Waals surface area contributed by atoms with Gasteiger partial charge in [-0.15, -0.1) is 11.8 Å². The maximum Gasteiger partial charge on any atom is 0.426 e. The van der Waals surface area contributed by atoms with E-state index in [4.69, 9.17) is 4.74 Å². The first-order valence-corrected chi connectivity index (χ1v) is 6.68. The van der Waals surface area contributed by atoms with Crippen LogP contribution in [0, 0.1) is 23.7 Å². The van der Waals surface area contributed by atoms with Gasteiger partial charge in [-0.05, 0) is 62.4 Å². The Labute approximate surface area is 128 Å². The van der Waals surface area contributed by atoms with Crippen LogP contribution in [-0.4, -0.2) is 0 Å². The minimum absolute atomic E-state index is 0.0871. The van der Waals surface area contributed by atoms with Crippen molar-refractivity contribution in [1.29, 1.82) is 0 Å². The highest BCUT2D eigenvalue weighted by molar-refractivity contribution is 5.39. The van der Waals surface area contributed by atoms with Crippen molar-refractivity contribution < 1.29 is 13.5 Å². The first kappa shape index (κ1) is 15.6. The van der Waals surface area contributed by atoms with E-state index in [9.17, 15) is 8.78 Å². The van der Waals surface area contributed by atoms with Crippen LogP contribution < -0.4 is 4.74 Å². The van der Waals surface area contributed by atoms with Gasteiger partial charge in [0.05, 0.1) is 5.56 Å². The molecule has 0 radical (unpaired) electrons. The average molecular weight is 296 g/mol. The van der Waals surface area contributed by atoms with Gasteiger partial charge in [0.15, 0.2) is 0 Å². The molecular formula is C19H14F2O. The largest absolute Gasteiger partial charge is 0.429 e. The van der Waals surface area contributed by atoms with E-state index >= 15 is 0 Å². The van der Waals surface area contributed by atoms with Gasteiger partial charge < -0.3 is 4.74 Å². The zero-order chi connectivity index (χ0) is 16.0. The number of alkyl halides is 2. The smallest absolute Gasteiger partial charge is 0.426 e. The number of hydrogen-bond donors (Lipinski definition) is 0. The molecule has 0 aromatic heterocycles. The molecule has 22 heavy (non-hydrogen) atoms. The Morgan fingerprint density at radius 1 is 0.773 bits per heavy atom. The summed E-state index contributed by atoms with van der Waals surface area (Å²) in [5, 5.41) is 0. The monoisotopic (exact) mass is 296 g/mol. The molecule has 0 saturated carbocycles. The second-order valence-electron chi connectivity index (χ2n) is 4.47. The van der Waals surface area contributed by atoms with Crippen molar-refractivity contribution in [2.45, 2.75) is 20.0 Å². The Bertz CT molecular complexity index is 752. The van der Waals surface area contributed by atoms with Gasteiger partial charge in [-0.1, -0.05) is 11.8 Å². The van der Waals surface area contributed by atoms with Gasteiger partial charge >= 0.3 is 6.11 Å². The minimum atomic E-state index is -3.41. The number of ether oxygens (including phenoxy) is 1. The SMILES string of the molecule is CC#Cc1ccc(OC(F)(F)c2ccc(C#CC)cc2)cc1. The van der Waals surface area contributed by atoms with E-state index in [1.54, 1.807) is 38.1 Å². The first-order chi connectivity index (χ1) is 10.5. The van der Waals surface area contributed by atoms with Gasteiger partial charge in [-0.3, -0.25) is 0 Å². The van der Waals surface area contributed by atoms with Crippen LogP contribution in [0.1, 0.15) is 30.5 Å². The van der Waals surface area contributed by atoms with Crippen molar-refractivity contribution in [2.24, 2.45) is 0 Å². The van der Waals surface area contributed by atoms with Crippen LogP contribution in [0.3, 0.4) is 0 Å². The molecule has 2 aromatic carbocycles. The highest BCUT2D eigenvalue weighted by atomic mass is 19.3. The molecule has 0 aliphatic heterocycles. The van der Waals surface area contributed by atoms with Crippen molar-refractivity contribution in [3.63, 3.8) is 0 Å². The third kappa shape index (κ3) is 3.87. The van der Waals surface area contributed by atoms with Crippen LogP contribution in [0.4, 0.5) is 8.78 Å². The Morgan fingerprint density at radius 3 is 1.68 bits per heavy atom. The summed E-state index contributed by atoms with van der Waals surface area (Å²) in [6.45, 7) is 3.41. The van der Waals surface area contributed by atoms with Crippen molar-refractivity contribution in [3.8, 4) is 29.4 Å². The molecule has 0 heterocycles. The lowest BCUT2D eigenvalue weighted by atomic mass is 10.1. The fourth-order valence-electron chi connectivity index (χ4n) is 1.85. The summed E-state index contributed by atoms with van der Waals surface area (Å²) in [6, 6.07) is 12.0. The number of rotatable bonds is 3. The lowest BCUT2D eigenvalue weighted by Crippen LogP contribution is -2.21. The predicted octanol–water partition coefficient (Wildman–Crippen LogP) is 4.56. The molecular weight excluding hydrogens is 282 g/mol. The molecule has 0 fully saturated rings. The van der Waals surface area contributed by atoms with E-state index in [-0.39, 0.29) is 11.3 Å². The van der Waals surface area contributed by atoms with Crippen molar-refractivity contribution >= 4 is 0 Å². The predicted molar refractivity (Wildman–Crippen MR) is 82.5 cm³/mol. The van der Waals surface area contributed by atoms with Gasteiger partial charge in [-0.25, -0.2) is 0 Å². The van der Waals surface area contributed by atoms with Crippen LogP contribution in [-0.2, 0) is 6.11 Å². The highest BCUT2D eigenvalue weighted by Crippen LogP contribution is 2.31. The number of hydrogen-bond acceptors (Lipinski definition) is 1.